The van der Waals surface area contributed by atoms with Crippen LogP contribution in [0.15, 0.2) is 0 Å². The summed E-state index contributed by atoms with van der Waals surface area (Å²) in [5.41, 5.74) is 0. The molecule has 3 unspecified atom stereocenters. The summed E-state index contributed by atoms with van der Waals surface area (Å²) in [6.07, 6.45) is 43.2. The maximum Gasteiger partial charge on any atom is 0.472 e. The summed E-state index contributed by atoms with van der Waals surface area (Å²) in [4.78, 5) is 72.5. The van der Waals surface area contributed by atoms with Gasteiger partial charge in [-0.25, -0.2) is 9.13 Å². The number of phosphoric acid groups is 2. The van der Waals surface area contributed by atoms with Crippen LogP contribution in [0, 0.1) is 23.7 Å². The van der Waals surface area contributed by atoms with Gasteiger partial charge in [0.1, 0.15) is 19.3 Å². The summed E-state index contributed by atoms with van der Waals surface area (Å²) in [6, 6.07) is 0. The minimum Gasteiger partial charge on any atom is -0.462 e. The number of phosphoric ester groups is 2. The van der Waals surface area contributed by atoms with Gasteiger partial charge in [-0.1, -0.05) is 299 Å². The fourth-order valence-electron chi connectivity index (χ4n) is 10.6. The predicted octanol–water partition coefficient (Wildman–Crippen LogP) is 20.1. The van der Waals surface area contributed by atoms with Crippen molar-refractivity contribution in [3.63, 3.8) is 0 Å². The predicted molar refractivity (Wildman–Crippen MR) is 363 cm³/mol. The number of ether oxygens (including phenoxy) is 4. The Labute approximate surface area is 549 Å². The zero-order valence-corrected chi connectivity index (χ0v) is 60.6. The molecule has 0 saturated heterocycles. The Balaban J connectivity index is 5.22. The van der Waals surface area contributed by atoms with Crippen molar-refractivity contribution in [2.75, 3.05) is 39.6 Å². The SMILES string of the molecule is CCC(C)CCCCCCCCCCCCC(=O)O[C@H](COC(=O)CCCCCCCCC(C)C)COP(=O)(O)OC[C@H](O)COP(=O)(O)OC[C@@H](COC(=O)CCCCCCCCCC(C)C)OC(=O)CCCCCCCCCCCCCCCCC(C)C. The first-order chi connectivity index (χ1) is 43.1. The van der Waals surface area contributed by atoms with E-state index in [1.165, 1.54) is 141 Å². The van der Waals surface area contributed by atoms with Crippen molar-refractivity contribution in [2.24, 2.45) is 23.7 Å². The minimum absolute atomic E-state index is 0.105. The van der Waals surface area contributed by atoms with Crippen LogP contribution in [0.2, 0.25) is 0 Å². The van der Waals surface area contributed by atoms with Crippen LogP contribution in [-0.4, -0.2) is 96.7 Å². The van der Waals surface area contributed by atoms with E-state index in [0.29, 0.717) is 37.5 Å². The van der Waals surface area contributed by atoms with E-state index in [4.69, 9.17) is 37.0 Å². The fourth-order valence-corrected chi connectivity index (χ4v) is 12.2. The molecule has 17 nitrogen and oxygen atoms in total. The quantitative estimate of drug-likeness (QED) is 0.0222. The largest absolute Gasteiger partial charge is 0.472 e. The molecule has 0 aliphatic heterocycles. The number of aliphatic hydroxyl groups is 1. The molecule has 0 aliphatic carbocycles. The first-order valence-electron chi connectivity index (χ1n) is 36.7. The summed E-state index contributed by atoms with van der Waals surface area (Å²) in [5.74, 6) is 0.852. The molecule has 19 heteroatoms. The van der Waals surface area contributed by atoms with Crippen molar-refractivity contribution in [1.29, 1.82) is 0 Å². The lowest BCUT2D eigenvalue weighted by atomic mass is 9.99. The molecule has 534 valence electrons. The van der Waals surface area contributed by atoms with Crippen LogP contribution in [0.4, 0.5) is 0 Å². The lowest BCUT2D eigenvalue weighted by molar-refractivity contribution is -0.161. The summed E-state index contributed by atoms with van der Waals surface area (Å²) in [7, 11) is -9.90. The third kappa shape index (κ3) is 63.5. The van der Waals surface area contributed by atoms with E-state index < -0.39 is 97.5 Å². The lowest BCUT2D eigenvalue weighted by Gasteiger charge is -2.21. The number of hydrogen-bond donors (Lipinski definition) is 3. The third-order valence-electron chi connectivity index (χ3n) is 16.7. The Morgan fingerprint density at radius 3 is 0.789 bits per heavy atom. The normalized spacial score (nSPS) is 14.6. The van der Waals surface area contributed by atoms with Gasteiger partial charge in [-0.15, -0.1) is 0 Å². The molecule has 6 atom stereocenters. The first kappa shape index (κ1) is 88.1. The van der Waals surface area contributed by atoms with Crippen LogP contribution in [0.25, 0.3) is 0 Å². The van der Waals surface area contributed by atoms with Crippen molar-refractivity contribution in [3.8, 4) is 0 Å². The van der Waals surface area contributed by atoms with Crippen LogP contribution < -0.4 is 0 Å². The Morgan fingerprint density at radius 1 is 0.311 bits per heavy atom. The summed E-state index contributed by atoms with van der Waals surface area (Å²) in [5, 5.41) is 10.6. The van der Waals surface area contributed by atoms with E-state index in [1.807, 2.05) is 0 Å². The van der Waals surface area contributed by atoms with Gasteiger partial charge in [0.2, 0.25) is 0 Å². The van der Waals surface area contributed by atoms with Crippen molar-refractivity contribution >= 4 is 39.5 Å². The number of carbonyl (C=O) groups is 4. The van der Waals surface area contributed by atoms with E-state index in [2.05, 4.69) is 55.4 Å². The van der Waals surface area contributed by atoms with E-state index >= 15 is 0 Å². The van der Waals surface area contributed by atoms with Gasteiger partial charge in [-0.05, 0) is 49.4 Å². The molecule has 0 aromatic carbocycles. The maximum absolute atomic E-state index is 13.0. The van der Waals surface area contributed by atoms with Gasteiger partial charge in [0.25, 0.3) is 0 Å². The molecule has 0 heterocycles. The van der Waals surface area contributed by atoms with Crippen LogP contribution in [-0.2, 0) is 65.4 Å². The van der Waals surface area contributed by atoms with Gasteiger partial charge in [-0.3, -0.25) is 37.3 Å². The molecule has 0 saturated carbocycles. The van der Waals surface area contributed by atoms with E-state index in [9.17, 15) is 43.2 Å². The van der Waals surface area contributed by atoms with Crippen molar-refractivity contribution in [3.05, 3.63) is 0 Å². The molecule has 3 N–H and O–H groups in total. The smallest absolute Gasteiger partial charge is 0.462 e. The van der Waals surface area contributed by atoms with Gasteiger partial charge in [0.05, 0.1) is 26.4 Å². The molecule has 0 spiro atoms. The van der Waals surface area contributed by atoms with Gasteiger partial charge in [0.15, 0.2) is 12.2 Å². The average Bonchev–Trinajstić information content (AvgIpc) is 3.00. The number of unbranched alkanes of at least 4 members (excludes halogenated alkanes) is 33. The van der Waals surface area contributed by atoms with Gasteiger partial charge in [-0.2, -0.15) is 0 Å². The zero-order chi connectivity index (χ0) is 66.8. The van der Waals surface area contributed by atoms with Crippen LogP contribution in [0.5, 0.6) is 0 Å². The third-order valence-corrected chi connectivity index (χ3v) is 18.6. The highest BCUT2D eigenvalue weighted by atomic mass is 31.2. The molecule has 0 aliphatic rings. The lowest BCUT2D eigenvalue weighted by Crippen LogP contribution is -2.30. The molecular weight excluding hydrogens is 1190 g/mol. The molecule has 0 fully saturated rings. The molecule has 0 amide bonds. The van der Waals surface area contributed by atoms with Gasteiger partial charge >= 0.3 is 39.5 Å². The average molecular weight is 1330 g/mol. The Morgan fingerprint density at radius 2 is 0.533 bits per heavy atom. The summed E-state index contributed by atoms with van der Waals surface area (Å²) < 4.78 is 68.3. The number of esters is 4. The standard InChI is InChI=1S/C71H138O17P2/c1-9-64(8)50-42-34-25-19-16-17-21-27-38-46-54-71(76)88-67(58-82-69(74)52-44-36-30-29-33-41-49-63(6)7)60-86-90(79,80)84-56-65(72)55-83-89(77,78)85-59-66(57-81-68(73)51-43-35-28-22-24-32-40-48-62(4)5)87-70(75)53-45-37-26-20-15-13-11-10-12-14-18-23-31-39-47-61(2)3/h61-67,72H,9-60H2,1-8H3,(H,77,78)(H,79,80)/t64?,65-,66-,67-/m1/s1. The molecule has 0 radical (unpaired) electrons. The highest BCUT2D eigenvalue weighted by Crippen LogP contribution is 2.45. The molecular formula is C71H138O17P2. The number of carbonyl (C=O) groups excluding carboxylic acids is 4. The van der Waals surface area contributed by atoms with E-state index in [1.54, 1.807) is 0 Å². The number of aliphatic hydroxyl groups excluding tert-OH is 1. The van der Waals surface area contributed by atoms with Gasteiger partial charge < -0.3 is 33.8 Å². The van der Waals surface area contributed by atoms with Crippen molar-refractivity contribution < 1.29 is 80.2 Å². The highest BCUT2D eigenvalue weighted by molar-refractivity contribution is 7.47. The second-order valence-corrected chi connectivity index (χ2v) is 30.2. The van der Waals surface area contributed by atoms with Crippen molar-refractivity contribution in [1.82, 2.24) is 0 Å². The topological polar surface area (TPSA) is 237 Å². The Kier molecular flexibility index (Phi) is 59.4. The van der Waals surface area contributed by atoms with Crippen LogP contribution >= 0.6 is 15.6 Å². The summed E-state index contributed by atoms with van der Waals surface area (Å²) in [6.45, 7) is 14.1. The maximum atomic E-state index is 13.0. The molecule has 90 heavy (non-hydrogen) atoms. The number of rotatable bonds is 68. The molecule has 0 bridgehead atoms. The molecule has 0 rings (SSSR count). The molecule has 0 aromatic heterocycles. The first-order valence-corrected chi connectivity index (χ1v) is 39.7. The van der Waals surface area contributed by atoms with Crippen LogP contribution in [0.3, 0.4) is 0 Å². The van der Waals surface area contributed by atoms with Crippen molar-refractivity contribution in [2.45, 2.75) is 369 Å². The minimum atomic E-state index is -4.95. The second-order valence-electron chi connectivity index (χ2n) is 27.3. The Hall–Kier alpha value is -1.94. The Bertz CT molecular complexity index is 1780. The molecule has 0 aromatic rings. The van der Waals surface area contributed by atoms with E-state index in [-0.39, 0.29) is 25.7 Å². The second kappa shape index (κ2) is 60.7. The highest BCUT2D eigenvalue weighted by Gasteiger charge is 2.30. The van der Waals surface area contributed by atoms with Gasteiger partial charge in [0, 0.05) is 25.7 Å². The van der Waals surface area contributed by atoms with Crippen LogP contribution in [0.1, 0.15) is 351 Å². The summed E-state index contributed by atoms with van der Waals surface area (Å²) >= 11 is 0. The monoisotopic (exact) mass is 1320 g/mol. The van der Waals surface area contributed by atoms with E-state index in [0.717, 1.165) is 115 Å². The number of hydrogen-bond acceptors (Lipinski definition) is 15. The zero-order valence-electron chi connectivity index (χ0n) is 58.8. The fraction of sp³-hybridized carbons (Fsp3) is 0.944.